The molecule has 1 N–H and O–H groups in total. The summed E-state index contributed by atoms with van der Waals surface area (Å²) < 4.78 is 5.09. The summed E-state index contributed by atoms with van der Waals surface area (Å²) in [5.74, 6) is -0.582. The molecule has 0 radical (unpaired) electrons. The molecular weight excluding hydrogens is 382 g/mol. The second-order valence-electron chi connectivity index (χ2n) is 6.81. The van der Waals surface area contributed by atoms with Crippen LogP contribution in [0.2, 0.25) is 0 Å². The largest absolute Gasteiger partial charge is 0.455 e. The van der Waals surface area contributed by atoms with E-state index in [1.165, 1.54) is 17.3 Å². The van der Waals surface area contributed by atoms with Crippen LogP contribution < -0.4 is 5.32 Å². The van der Waals surface area contributed by atoms with E-state index >= 15 is 0 Å². The molecule has 4 nitrogen and oxygen atoms in total. The van der Waals surface area contributed by atoms with Gasteiger partial charge in [0.2, 0.25) is 0 Å². The fraction of sp³-hybridized carbons (Fsp3) is 0.250. The van der Waals surface area contributed by atoms with Crippen LogP contribution in [0.3, 0.4) is 0 Å². The lowest BCUT2D eigenvalue weighted by atomic mass is 10.1. The Labute approximate surface area is 175 Å². The second kappa shape index (κ2) is 10.7. The first kappa shape index (κ1) is 20.9. The monoisotopic (exact) mass is 407 g/mol. The molecule has 1 amide bonds. The molecule has 0 fully saturated rings. The molecule has 29 heavy (non-hydrogen) atoms. The van der Waals surface area contributed by atoms with E-state index in [4.69, 9.17) is 4.74 Å². The van der Waals surface area contributed by atoms with Crippen molar-refractivity contribution in [3.63, 3.8) is 0 Å². The molecule has 0 spiro atoms. The second-order valence-corrected chi connectivity index (χ2v) is 7.86. The van der Waals surface area contributed by atoms with Crippen molar-refractivity contribution in [2.45, 2.75) is 31.1 Å². The van der Waals surface area contributed by atoms with E-state index in [1.54, 1.807) is 0 Å². The maximum Gasteiger partial charge on any atom is 0.316 e. The van der Waals surface area contributed by atoms with Gasteiger partial charge >= 0.3 is 5.97 Å². The lowest BCUT2D eigenvalue weighted by molar-refractivity contribution is -0.144. The Morgan fingerprint density at radius 1 is 0.966 bits per heavy atom. The lowest BCUT2D eigenvalue weighted by Gasteiger charge is -2.08. The average molecular weight is 408 g/mol. The topological polar surface area (TPSA) is 55.4 Å². The molecule has 3 rings (SSSR count). The first-order valence-corrected chi connectivity index (χ1v) is 10.8. The summed E-state index contributed by atoms with van der Waals surface area (Å²) in [7, 11) is 0. The molecule has 0 heterocycles. The van der Waals surface area contributed by atoms with Crippen LogP contribution in [0.5, 0.6) is 0 Å². The number of esters is 1. The van der Waals surface area contributed by atoms with E-state index in [0.29, 0.717) is 5.69 Å². The van der Waals surface area contributed by atoms with Gasteiger partial charge in [-0.25, -0.2) is 0 Å². The number of carbonyl (C=O) groups is 2. The summed E-state index contributed by atoms with van der Waals surface area (Å²) in [4.78, 5) is 25.0. The molecule has 5 heteroatoms. The summed E-state index contributed by atoms with van der Waals surface area (Å²) in [6.45, 7) is 1.88. The van der Waals surface area contributed by atoms with Crippen molar-refractivity contribution in [3.05, 3.63) is 72.3 Å². The van der Waals surface area contributed by atoms with Crippen LogP contribution in [-0.4, -0.2) is 24.2 Å². The number of fused-ring (bicyclic) bond motifs is 1. The van der Waals surface area contributed by atoms with Gasteiger partial charge in [-0.3, -0.25) is 9.59 Å². The molecule has 0 bridgehead atoms. The number of carbonyl (C=O) groups excluding carboxylic acids is 2. The first-order valence-electron chi connectivity index (χ1n) is 9.80. The Balaban J connectivity index is 1.40. The average Bonchev–Trinajstić information content (AvgIpc) is 2.75. The summed E-state index contributed by atoms with van der Waals surface area (Å²) >= 11 is 1.40. The van der Waals surface area contributed by atoms with Gasteiger partial charge in [0.05, 0.1) is 5.75 Å². The normalized spacial score (nSPS) is 10.7. The Morgan fingerprint density at radius 3 is 2.48 bits per heavy atom. The third kappa shape index (κ3) is 6.64. The highest BCUT2D eigenvalue weighted by Crippen LogP contribution is 2.23. The van der Waals surface area contributed by atoms with Gasteiger partial charge in [0.25, 0.3) is 5.91 Å². The molecule has 0 saturated heterocycles. The van der Waals surface area contributed by atoms with Gasteiger partial charge in [-0.15, -0.1) is 11.8 Å². The molecule has 0 saturated carbocycles. The number of unbranched alkanes of at least 4 members (excludes halogenated alkanes) is 1. The highest BCUT2D eigenvalue weighted by atomic mass is 32.2. The number of ether oxygens (including phenoxy) is 1. The van der Waals surface area contributed by atoms with Gasteiger partial charge in [0.15, 0.2) is 6.61 Å². The quantitative estimate of drug-likeness (QED) is 0.378. The number of aryl methyl sites for hydroxylation is 1. The summed E-state index contributed by atoms with van der Waals surface area (Å²) in [5.41, 5.74) is 1.96. The van der Waals surface area contributed by atoms with Crippen LogP contribution in [0.15, 0.2) is 71.6 Å². The van der Waals surface area contributed by atoms with Crippen LogP contribution in [0.25, 0.3) is 10.8 Å². The molecule has 0 aliphatic carbocycles. The molecule has 0 aliphatic heterocycles. The van der Waals surface area contributed by atoms with E-state index in [1.807, 2.05) is 60.7 Å². The molecule has 3 aromatic carbocycles. The summed E-state index contributed by atoms with van der Waals surface area (Å²) in [5, 5.41) is 5.04. The standard InChI is InChI=1S/C24H25NO3S/c1-2-3-6-18-9-12-21(13-10-18)25-23(26)16-28-24(27)17-29-22-14-11-19-7-4-5-8-20(19)15-22/h4-5,7-15H,2-3,6,16-17H2,1H3,(H,25,26). The SMILES string of the molecule is CCCCc1ccc(NC(=O)COC(=O)CSc2ccc3ccccc3c2)cc1. The zero-order valence-corrected chi connectivity index (χ0v) is 17.3. The van der Waals surface area contributed by atoms with Crippen molar-refractivity contribution in [1.82, 2.24) is 0 Å². The maximum atomic E-state index is 12.0. The van der Waals surface area contributed by atoms with Crippen LogP contribution >= 0.6 is 11.8 Å². The highest BCUT2D eigenvalue weighted by molar-refractivity contribution is 8.00. The van der Waals surface area contributed by atoms with Crippen molar-refractivity contribution >= 4 is 40.1 Å². The van der Waals surface area contributed by atoms with E-state index in [2.05, 4.69) is 18.3 Å². The fourth-order valence-electron chi connectivity index (χ4n) is 2.92. The van der Waals surface area contributed by atoms with E-state index in [9.17, 15) is 9.59 Å². The van der Waals surface area contributed by atoms with E-state index in [-0.39, 0.29) is 18.3 Å². The smallest absolute Gasteiger partial charge is 0.316 e. The van der Waals surface area contributed by atoms with Gasteiger partial charge in [0, 0.05) is 10.6 Å². The number of rotatable bonds is 9. The molecule has 150 valence electrons. The van der Waals surface area contributed by atoms with Crippen LogP contribution in [0.1, 0.15) is 25.3 Å². The van der Waals surface area contributed by atoms with Gasteiger partial charge in [0.1, 0.15) is 0 Å². The van der Waals surface area contributed by atoms with Crippen molar-refractivity contribution in [1.29, 1.82) is 0 Å². The Bertz CT molecular complexity index is 969. The van der Waals surface area contributed by atoms with Gasteiger partial charge in [-0.05, 0) is 53.4 Å². The van der Waals surface area contributed by atoms with Crippen molar-refractivity contribution in [3.8, 4) is 0 Å². The number of anilines is 1. The molecule has 0 aliphatic rings. The van der Waals surface area contributed by atoms with Crippen molar-refractivity contribution < 1.29 is 14.3 Å². The van der Waals surface area contributed by atoms with Gasteiger partial charge in [-0.1, -0.05) is 55.8 Å². The van der Waals surface area contributed by atoms with Crippen LogP contribution in [0.4, 0.5) is 5.69 Å². The summed E-state index contributed by atoms with van der Waals surface area (Å²) in [6.07, 6.45) is 3.35. The predicted molar refractivity (Wildman–Crippen MR) is 119 cm³/mol. The number of nitrogens with one attached hydrogen (secondary N) is 1. The third-order valence-electron chi connectivity index (χ3n) is 4.50. The molecule has 0 atom stereocenters. The van der Waals surface area contributed by atoms with E-state index in [0.717, 1.165) is 34.9 Å². The van der Waals surface area contributed by atoms with Gasteiger partial charge < -0.3 is 10.1 Å². The van der Waals surface area contributed by atoms with Crippen LogP contribution in [0, 0.1) is 0 Å². The number of thioether (sulfide) groups is 1. The molecule has 0 aromatic heterocycles. The Morgan fingerprint density at radius 2 is 1.72 bits per heavy atom. The Hall–Kier alpha value is -2.79. The predicted octanol–water partition coefficient (Wildman–Crippen LogP) is 5.46. The first-order chi connectivity index (χ1) is 14.1. The Kier molecular flexibility index (Phi) is 7.70. The molecular formula is C24H25NO3S. The van der Waals surface area contributed by atoms with Gasteiger partial charge in [-0.2, -0.15) is 0 Å². The number of amides is 1. The number of benzene rings is 3. The highest BCUT2D eigenvalue weighted by Gasteiger charge is 2.09. The molecule has 3 aromatic rings. The molecule has 0 unspecified atom stereocenters. The number of hydrogen-bond acceptors (Lipinski definition) is 4. The fourth-order valence-corrected chi connectivity index (χ4v) is 3.66. The van der Waals surface area contributed by atoms with E-state index < -0.39 is 5.97 Å². The summed E-state index contributed by atoms with van der Waals surface area (Å²) in [6, 6.07) is 21.9. The minimum absolute atomic E-state index is 0.164. The van der Waals surface area contributed by atoms with Crippen molar-refractivity contribution in [2.24, 2.45) is 0 Å². The maximum absolute atomic E-state index is 12.0. The van der Waals surface area contributed by atoms with Crippen molar-refractivity contribution in [2.75, 3.05) is 17.7 Å². The number of hydrogen-bond donors (Lipinski definition) is 1. The van der Waals surface area contributed by atoms with Crippen LogP contribution in [-0.2, 0) is 20.7 Å². The third-order valence-corrected chi connectivity index (χ3v) is 5.47. The zero-order valence-electron chi connectivity index (χ0n) is 16.5. The minimum Gasteiger partial charge on any atom is -0.455 e. The zero-order chi connectivity index (χ0) is 20.5. The minimum atomic E-state index is -0.409. The lowest BCUT2D eigenvalue weighted by Crippen LogP contribution is -2.21.